The van der Waals surface area contributed by atoms with Crippen molar-refractivity contribution in [2.24, 2.45) is 0 Å². The molecule has 2 aromatic rings. The highest BCUT2D eigenvalue weighted by Gasteiger charge is 2.17. The highest BCUT2D eigenvalue weighted by Crippen LogP contribution is 2.08. The molecule has 0 radical (unpaired) electrons. The molecule has 22 heavy (non-hydrogen) atoms. The second kappa shape index (κ2) is 6.99. The number of amides is 1. The summed E-state index contributed by atoms with van der Waals surface area (Å²) in [4.78, 5) is 15.2. The van der Waals surface area contributed by atoms with E-state index in [1.165, 1.54) is 0 Å². The second-order valence-corrected chi connectivity index (χ2v) is 6.15. The van der Waals surface area contributed by atoms with Gasteiger partial charge in [0.1, 0.15) is 23.9 Å². The lowest BCUT2D eigenvalue weighted by Gasteiger charge is -2.08. The van der Waals surface area contributed by atoms with Crippen LogP contribution in [0.4, 0.5) is 4.39 Å². The minimum absolute atomic E-state index is 0.117. The molecule has 1 aromatic heterocycles. The standard InChI is InChI=1S/C14H13FN2O4S/c15-12-8-11(9-16-10-12)14(18)17-22(19,20)7-6-21-13-4-2-1-3-5-13/h1-5,8-10H,6-7H2,(H,17,18). The maximum atomic E-state index is 12.9. The molecule has 1 aromatic carbocycles. The molecule has 1 heterocycles. The Hall–Kier alpha value is -2.48. The zero-order valence-electron chi connectivity index (χ0n) is 11.4. The van der Waals surface area contributed by atoms with Crippen molar-refractivity contribution in [3.8, 4) is 5.75 Å². The first-order valence-corrected chi connectivity index (χ1v) is 7.95. The van der Waals surface area contributed by atoms with Gasteiger partial charge in [-0.15, -0.1) is 0 Å². The second-order valence-electron chi connectivity index (χ2n) is 4.30. The molecule has 0 spiro atoms. The van der Waals surface area contributed by atoms with E-state index in [4.69, 9.17) is 4.74 Å². The van der Waals surface area contributed by atoms with Gasteiger partial charge in [0, 0.05) is 6.20 Å². The van der Waals surface area contributed by atoms with Crippen LogP contribution < -0.4 is 9.46 Å². The van der Waals surface area contributed by atoms with E-state index in [2.05, 4.69) is 4.98 Å². The molecule has 1 N–H and O–H groups in total. The Labute approximate surface area is 127 Å². The van der Waals surface area contributed by atoms with Crippen LogP contribution in [-0.4, -0.2) is 31.7 Å². The number of sulfonamides is 1. The van der Waals surface area contributed by atoms with Crippen molar-refractivity contribution in [1.29, 1.82) is 0 Å². The number of hydrogen-bond acceptors (Lipinski definition) is 5. The van der Waals surface area contributed by atoms with E-state index < -0.39 is 27.5 Å². The molecule has 1 amide bonds. The van der Waals surface area contributed by atoms with Crippen molar-refractivity contribution in [1.82, 2.24) is 9.71 Å². The molecule has 0 aliphatic heterocycles. The van der Waals surface area contributed by atoms with Gasteiger partial charge in [-0.2, -0.15) is 0 Å². The van der Waals surface area contributed by atoms with Gasteiger partial charge in [0.05, 0.1) is 11.8 Å². The maximum absolute atomic E-state index is 12.9. The number of pyridine rings is 1. The van der Waals surface area contributed by atoms with Crippen LogP contribution in [0.1, 0.15) is 10.4 Å². The van der Waals surface area contributed by atoms with Crippen molar-refractivity contribution in [3.05, 3.63) is 60.2 Å². The summed E-state index contributed by atoms with van der Waals surface area (Å²) < 4.78 is 43.5. The maximum Gasteiger partial charge on any atom is 0.266 e. The third-order valence-corrected chi connectivity index (χ3v) is 3.78. The number of nitrogens with one attached hydrogen (secondary N) is 1. The summed E-state index contributed by atoms with van der Waals surface area (Å²) in [7, 11) is -3.89. The summed E-state index contributed by atoms with van der Waals surface area (Å²) >= 11 is 0. The topological polar surface area (TPSA) is 85.4 Å². The summed E-state index contributed by atoms with van der Waals surface area (Å²) in [5, 5.41) is 0. The van der Waals surface area contributed by atoms with E-state index in [9.17, 15) is 17.6 Å². The Balaban J connectivity index is 1.89. The van der Waals surface area contributed by atoms with Crippen LogP contribution in [0.25, 0.3) is 0 Å². The van der Waals surface area contributed by atoms with Crippen LogP contribution in [0, 0.1) is 5.82 Å². The van der Waals surface area contributed by atoms with Crippen LogP contribution >= 0.6 is 0 Å². The minimum atomic E-state index is -3.89. The van der Waals surface area contributed by atoms with Gasteiger partial charge in [-0.25, -0.2) is 17.5 Å². The molecular weight excluding hydrogens is 311 g/mol. The quantitative estimate of drug-likeness (QED) is 0.867. The number of carbonyl (C=O) groups excluding carboxylic acids is 1. The van der Waals surface area contributed by atoms with Gasteiger partial charge in [0.2, 0.25) is 10.0 Å². The minimum Gasteiger partial charge on any atom is -0.492 e. The van der Waals surface area contributed by atoms with Crippen molar-refractivity contribution >= 4 is 15.9 Å². The summed E-state index contributed by atoms with van der Waals surface area (Å²) in [6.45, 7) is -0.117. The van der Waals surface area contributed by atoms with Gasteiger partial charge in [0.25, 0.3) is 5.91 Å². The fraction of sp³-hybridized carbons (Fsp3) is 0.143. The molecule has 0 fully saturated rings. The van der Waals surface area contributed by atoms with Crippen molar-refractivity contribution in [3.63, 3.8) is 0 Å². The summed E-state index contributed by atoms with van der Waals surface area (Å²) in [6, 6.07) is 9.58. The lowest BCUT2D eigenvalue weighted by atomic mass is 10.3. The smallest absolute Gasteiger partial charge is 0.266 e. The highest BCUT2D eigenvalue weighted by atomic mass is 32.2. The molecule has 6 nitrogen and oxygen atoms in total. The van der Waals surface area contributed by atoms with Gasteiger partial charge >= 0.3 is 0 Å². The SMILES string of the molecule is O=C(NS(=O)(=O)CCOc1ccccc1)c1cncc(F)c1. The average Bonchev–Trinajstić information content (AvgIpc) is 2.47. The van der Waals surface area contributed by atoms with Crippen molar-refractivity contribution in [2.75, 3.05) is 12.4 Å². The Bertz CT molecular complexity index is 750. The molecular formula is C14H13FN2O4S. The first-order valence-electron chi connectivity index (χ1n) is 6.29. The number of benzene rings is 1. The molecule has 0 bridgehead atoms. The van der Waals surface area contributed by atoms with E-state index in [0.29, 0.717) is 5.75 Å². The predicted octanol–water partition coefficient (Wildman–Crippen LogP) is 1.36. The fourth-order valence-corrected chi connectivity index (χ4v) is 2.38. The van der Waals surface area contributed by atoms with Gasteiger partial charge < -0.3 is 4.74 Å². The number of carbonyl (C=O) groups is 1. The van der Waals surface area contributed by atoms with Gasteiger partial charge in [-0.05, 0) is 18.2 Å². The van der Waals surface area contributed by atoms with E-state index in [-0.39, 0.29) is 12.2 Å². The largest absolute Gasteiger partial charge is 0.492 e. The number of nitrogens with zero attached hydrogens (tertiary/aromatic N) is 1. The van der Waals surface area contributed by atoms with E-state index in [1.54, 1.807) is 30.3 Å². The molecule has 0 unspecified atom stereocenters. The third kappa shape index (κ3) is 4.81. The molecule has 0 atom stereocenters. The van der Waals surface area contributed by atoms with Crippen LogP contribution in [0.5, 0.6) is 5.75 Å². The number of halogens is 1. The van der Waals surface area contributed by atoms with Crippen LogP contribution in [0.15, 0.2) is 48.8 Å². The number of aromatic nitrogens is 1. The van der Waals surface area contributed by atoms with Crippen LogP contribution in [-0.2, 0) is 10.0 Å². The van der Waals surface area contributed by atoms with E-state index >= 15 is 0 Å². The third-order valence-electron chi connectivity index (χ3n) is 2.58. The van der Waals surface area contributed by atoms with Crippen LogP contribution in [0.2, 0.25) is 0 Å². The van der Waals surface area contributed by atoms with Crippen molar-refractivity contribution in [2.45, 2.75) is 0 Å². The first kappa shape index (κ1) is 15.9. The molecule has 116 valence electrons. The monoisotopic (exact) mass is 324 g/mol. The molecule has 0 saturated heterocycles. The summed E-state index contributed by atoms with van der Waals surface area (Å²) in [6.07, 6.45) is 1.99. The fourth-order valence-electron chi connectivity index (χ4n) is 1.57. The Morgan fingerprint density at radius 1 is 1.23 bits per heavy atom. The van der Waals surface area contributed by atoms with Crippen LogP contribution in [0.3, 0.4) is 0 Å². The van der Waals surface area contributed by atoms with Gasteiger partial charge in [-0.3, -0.25) is 9.78 Å². The number of hydrogen-bond donors (Lipinski definition) is 1. The highest BCUT2D eigenvalue weighted by molar-refractivity contribution is 7.90. The number of ether oxygens (including phenoxy) is 1. The molecule has 0 saturated carbocycles. The van der Waals surface area contributed by atoms with Gasteiger partial charge in [-0.1, -0.05) is 18.2 Å². The Morgan fingerprint density at radius 2 is 1.95 bits per heavy atom. The molecule has 2 rings (SSSR count). The van der Waals surface area contributed by atoms with Crippen molar-refractivity contribution < 1.29 is 22.3 Å². The zero-order chi connectivity index (χ0) is 16.0. The Kier molecular flexibility index (Phi) is 5.05. The predicted molar refractivity (Wildman–Crippen MR) is 77.4 cm³/mol. The summed E-state index contributed by atoms with van der Waals surface area (Å²) in [5.41, 5.74) is -0.174. The average molecular weight is 324 g/mol. The summed E-state index contributed by atoms with van der Waals surface area (Å²) in [5.74, 6) is -1.54. The molecule has 8 heteroatoms. The number of para-hydroxylation sites is 1. The first-order chi connectivity index (χ1) is 10.5. The Morgan fingerprint density at radius 3 is 2.64 bits per heavy atom. The number of rotatable bonds is 6. The van der Waals surface area contributed by atoms with Gasteiger partial charge in [0.15, 0.2) is 0 Å². The molecule has 0 aliphatic rings. The van der Waals surface area contributed by atoms with E-state index in [1.807, 2.05) is 4.72 Å². The van der Waals surface area contributed by atoms with E-state index in [0.717, 1.165) is 18.5 Å². The lowest BCUT2D eigenvalue weighted by Crippen LogP contribution is -2.34. The molecule has 0 aliphatic carbocycles. The normalized spacial score (nSPS) is 11.0. The lowest BCUT2D eigenvalue weighted by molar-refractivity contribution is 0.0980. The zero-order valence-corrected chi connectivity index (χ0v) is 12.2.